The highest BCUT2D eigenvalue weighted by molar-refractivity contribution is 14.1. The van der Waals surface area contributed by atoms with Gasteiger partial charge in [0.2, 0.25) is 0 Å². The molecule has 1 aliphatic rings. The summed E-state index contributed by atoms with van der Waals surface area (Å²) in [6.07, 6.45) is 4.95. The van der Waals surface area contributed by atoms with E-state index in [4.69, 9.17) is 0 Å². The Balaban J connectivity index is 2.47. The summed E-state index contributed by atoms with van der Waals surface area (Å²) in [5, 5.41) is 0. The largest absolute Gasteiger partial charge is 0.287 e. The minimum Gasteiger partial charge on any atom is -0.287 e. The number of hydrogen-bond acceptors (Lipinski definition) is 1. The van der Waals surface area contributed by atoms with Crippen molar-refractivity contribution in [3.8, 4) is 0 Å². The van der Waals surface area contributed by atoms with Crippen LogP contribution in [0.2, 0.25) is 0 Å². The Bertz CT molecular complexity index is 133. The van der Waals surface area contributed by atoms with Crippen LogP contribution in [0.25, 0.3) is 0 Å². The van der Waals surface area contributed by atoms with Crippen LogP contribution in [0.5, 0.6) is 0 Å². The van der Waals surface area contributed by atoms with Gasteiger partial charge >= 0.3 is 0 Å². The molecule has 2 unspecified atom stereocenters. The fourth-order valence-electron chi connectivity index (χ4n) is 1.65. The third-order valence-corrected chi connectivity index (χ3v) is 3.20. The monoisotopic (exact) mass is 252 g/mol. The first-order valence-corrected chi connectivity index (χ1v) is 4.99. The molecule has 0 aromatic carbocycles. The van der Waals surface area contributed by atoms with Crippen LogP contribution in [-0.2, 0) is 4.79 Å². The molecule has 0 aromatic rings. The highest BCUT2D eigenvalue weighted by atomic mass is 127. The van der Waals surface area contributed by atoms with Gasteiger partial charge in [-0.25, -0.2) is 0 Å². The molecule has 0 bridgehead atoms. The molecule has 0 radical (unpaired) electrons. The van der Waals surface area contributed by atoms with E-state index in [0.29, 0.717) is 15.6 Å². The Morgan fingerprint density at radius 1 is 1.40 bits per heavy atom. The van der Waals surface area contributed by atoms with E-state index in [1.807, 2.05) is 22.6 Å². The van der Waals surface area contributed by atoms with E-state index in [-0.39, 0.29) is 0 Å². The van der Waals surface area contributed by atoms with Crippen LogP contribution < -0.4 is 0 Å². The van der Waals surface area contributed by atoms with Crippen molar-refractivity contribution in [2.24, 2.45) is 11.8 Å². The second kappa shape index (κ2) is 3.69. The third kappa shape index (κ3) is 1.94. The molecule has 0 heterocycles. The topological polar surface area (TPSA) is 17.1 Å². The molecule has 0 aromatic heterocycles. The van der Waals surface area contributed by atoms with Gasteiger partial charge < -0.3 is 0 Å². The lowest BCUT2D eigenvalue weighted by atomic mass is 9.81. The van der Waals surface area contributed by atoms with Gasteiger partial charge in [-0.2, -0.15) is 0 Å². The Kier molecular flexibility index (Phi) is 3.14. The van der Waals surface area contributed by atoms with Crippen molar-refractivity contribution >= 4 is 26.4 Å². The summed E-state index contributed by atoms with van der Waals surface area (Å²) in [6, 6.07) is 0. The second-order valence-corrected chi connectivity index (χ2v) is 4.24. The van der Waals surface area contributed by atoms with Gasteiger partial charge in [0.15, 0.2) is 3.79 Å². The van der Waals surface area contributed by atoms with E-state index in [2.05, 4.69) is 6.92 Å². The summed E-state index contributed by atoms with van der Waals surface area (Å²) in [7, 11) is 0. The average Bonchev–Trinajstić information content (AvgIpc) is 1.88. The maximum atomic E-state index is 11.0. The number of hydrogen-bond donors (Lipinski definition) is 0. The lowest BCUT2D eigenvalue weighted by molar-refractivity contribution is -0.114. The van der Waals surface area contributed by atoms with Crippen LogP contribution >= 0.6 is 22.6 Å². The zero-order valence-corrected chi connectivity index (χ0v) is 8.43. The zero-order chi connectivity index (χ0) is 7.56. The molecule has 0 N–H and O–H groups in total. The van der Waals surface area contributed by atoms with E-state index < -0.39 is 0 Å². The highest BCUT2D eigenvalue weighted by Crippen LogP contribution is 2.31. The van der Waals surface area contributed by atoms with Gasteiger partial charge in [-0.15, -0.1) is 0 Å². The molecule has 0 spiro atoms. The van der Waals surface area contributed by atoms with Crippen LogP contribution in [0, 0.1) is 11.8 Å². The third-order valence-electron chi connectivity index (χ3n) is 2.40. The Morgan fingerprint density at radius 3 is 2.40 bits per heavy atom. The summed E-state index contributed by atoms with van der Waals surface area (Å²) in [4.78, 5) is 11.0. The van der Waals surface area contributed by atoms with Crippen molar-refractivity contribution in [2.75, 3.05) is 0 Å². The Morgan fingerprint density at radius 2 is 2.00 bits per heavy atom. The molecule has 0 aliphatic heterocycles. The van der Waals surface area contributed by atoms with Gasteiger partial charge in [0.05, 0.1) is 0 Å². The van der Waals surface area contributed by atoms with Gasteiger partial charge in [0.25, 0.3) is 0 Å². The molecule has 10 heavy (non-hydrogen) atoms. The minimum atomic E-state index is 0.366. The zero-order valence-electron chi connectivity index (χ0n) is 6.27. The molecule has 1 rings (SSSR count). The van der Waals surface area contributed by atoms with Gasteiger partial charge in [0, 0.05) is 5.92 Å². The number of carbonyl (C=O) groups is 1. The van der Waals surface area contributed by atoms with Crippen molar-refractivity contribution in [2.45, 2.75) is 32.6 Å². The molecule has 0 amide bonds. The van der Waals surface area contributed by atoms with E-state index in [0.717, 1.165) is 6.42 Å². The number of carbonyl (C=O) groups excluding carboxylic acids is 1. The van der Waals surface area contributed by atoms with Crippen LogP contribution in [0.1, 0.15) is 32.6 Å². The molecule has 58 valence electrons. The molecular formula is C8H13IO. The van der Waals surface area contributed by atoms with Gasteiger partial charge in [-0.05, 0) is 41.4 Å². The van der Waals surface area contributed by atoms with Gasteiger partial charge in [0.1, 0.15) is 0 Å². The van der Waals surface area contributed by atoms with E-state index in [1.165, 1.54) is 19.3 Å². The normalized spacial score (nSPS) is 33.8. The van der Waals surface area contributed by atoms with Crippen LogP contribution in [-0.4, -0.2) is 3.79 Å². The predicted octanol–water partition coefficient (Wildman–Crippen LogP) is 2.77. The molecule has 0 saturated heterocycles. The quantitative estimate of drug-likeness (QED) is 0.518. The predicted molar refractivity (Wildman–Crippen MR) is 50.1 cm³/mol. The SMILES string of the molecule is CC1CCCCC1C(=O)I. The van der Waals surface area contributed by atoms with Crippen LogP contribution in [0.15, 0.2) is 0 Å². The second-order valence-electron chi connectivity index (χ2n) is 3.17. The summed E-state index contributed by atoms with van der Waals surface area (Å²) >= 11 is 1.94. The molecule has 2 atom stereocenters. The fourth-order valence-corrected chi connectivity index (χ4v) is 2.58. The Hall–Kier alpha value is 0.400. The van der Waals surface area contributed by atoms with E-state index >= 15 is 0 Å². The van der Waals surface area contributed by atoms with Gasteiger partial charge in [-0.1, -0.05) is 19.8 Å². The first-order chi connectivity index (χ1) is 4.72. The summed E-state index contributed by atoms with van der Waals surface area (Å²) in [6.45, 7) is 2.19. The fraction of sp³-hybridized carbons (Fsp3) is 0.875. The number of halogens is 1. The Labute approximate surface area is 75.7 Å². The summed E-state index contributed by atoms with van der Waals surface area (Å²) in [5.74, 6) is 1.01. The molecule has 2 heteroatoms. The molecule has 1 saturated carbocycles. The highest BCUT2D eigenvalue weighted by Gasteiger charge is 2.25. The molecule has 1 aliphatic carbocycles. The molecule has 1 nitrogen and oxygen atoms in total. The van der Waals surface area contributed by atoms with Crippen LogP contribution in [0.4, 0.5) is 0 Å². The van der Waals surface area contributed by atoms with Crippen molar-refractivity contribution in [3.05, 3.63) is 0 Å². The first kappa shape index (κ1) is 8.50. The van der Waals surface area contributed by atoms with Crippen molar-refractivity contribution in [3.63, 3.8) is 0 Å². The van der Waals surface area contributed by atoms with E-state index in [9.17, 15) is 4.79 Å². The van der Waals surface area contributed by atoms with Crippen molar-refractivity contribution in [1.29, 1.82) is 0 Å². The van der Waals surface area contributed by atoms with Gasteiger partial charge in [-0.3, -0.25) is 4.79 Å². The minimum absolute atomic E-state index is 0.366. The van der Waals surface area contributed by atoms with E-state index in [1.54, 1.807) is 0 Å². The lowest BCUT2D eigenvalue weighted by Crippen LogP contribution is -2.21. The van der Waals surface area contributed by atoms with Crippen molar-refractivity contribution in [1.82, 2.24) is 0 Å². The standard InChI is InChI=1S/C8H13IO/c1-6-4-2-3-5-7(6)8(9)10/h6-7H,2-5H2,1H3. The average molecular weight is 252 g/mol. The maximum absolute atomic E-state index is 11.0. The molecular weight excluding hydrogens is 239 g/mol. The summed E-state index contributed by atoms with van der Waals surface area (Å²) in [5.41, 5.74) is 0. The van der Waals surface area contributed by atoms with Crippen LogP contribution in [0.3, 0.4) is 0 Å². The lowest BCUT2D eigenvalue weighted by Gasteiger charge is -2.25. The smallest absolute Gasteiger partial charge is 0.195 e. The summed E-state index contributed by atoms with van der Waals surface area (Å²) < 4.78 is 0.366. The maximum Gasteiger partial charge on any atom is 0.195 e. The van der Waals surface area contributed by atoms with Crippen molar-refractivity contribution < 1.29 is 4.79 Å². The molecule has 1 fully saturated rings. The number of rotatable bonds is 1. The first-order valence-electron chi connectivity index (χ1n) is 3.91.